The van der Waals surface area contributed by atoms with E-state index in [0.717, 1.165) is 35.4 Å². The number of hydrogen-bond acceptors (Lipinski definition) is 6. The van der Waals surface area contributed by atoms with Crippen molar-refractivity contribution < 1.29 is 4.79 Å². The molecule has 3 aromatic rings. The molecule has 156 valence electrons. The van der Waals surface area contributed by atoms with Crippen LogP contribution in [0.2, 0.25) is 5.02 Å². The second kappa shape index (κ2) is 9.37. The van der Waals surface area contributed by atoms with Crippen molar-refractivity contribution in [1.82, 2.24) is 20.9 Å². The number of nitrogens with two attached hydrogens (primary N) is 1. The summed E-state index contributed by atoms with van der Waals surface area (Å²) in [5.74, 6) is 7.18. The van der Waals surface area contributed by atoms with Crippen LogP contribution in [0.5, 0.6) is 0 Å². The number of halogens is 1. The first-order valence-electron chi connectivity index (χ1n) is 9.86. The van der Waals surface area contributed by atoms with Crippen LogP contribution >= 0.6 is 11.6 Å². The summed E-state index contributed by atoms with van der Waals surface area (Å²) in [4.78, 5) is 20.7. The third-order valence-corrected chi connectivity index (χ3v) is 4.97. The number of fused-ring (bicyclic) bond motifs is 1. The third-order valence-electron chi connectivity index (χ3n) is 4.74. The lowest BCUT2D eigenvalue weighted by atomic mass is 10.1. The number of guanidine groups is 1. The minimum absolute atomic E-state index is 0.139. The van der Waals surface area contributed by atoms with Crippen molar-refractivity contribution in [3.05, 3.63) is 70.4 Å². The number of anilines is 1. The Morgan fingerprint density at radius 2 is 2.00 bits per heavy atom. The molecule has 0 saturated heterocycles. The van der Waals surface area contributed by atoms with Gasteiger partial charge in [-0.05, 0) is 36.4 Å². The quantitative estimate of drug-likeness (QED) is 0.373. The van der Waals surface area contributed by atoms with E-state index < -0.39 is 0 Å². The number of benzene rings is 2. The van der Waals surface area contributed by atoms with Gasteiger partial charge in [0, 0.05) is 52.8 Å². The number of nitrogens with one attached hydrogen (secondary N) is 3. The van der Waals surface area contributed by atoms with E-state index in [1.54, 1.807) is 36.5 Å². The highest BCUT2D eigenvalue weighted by Crippen LogP contribution is 2.24. The molecule has 5 N–H and O–H groups in total. The molecular weight excluding hydrogens is 412 g/mol. The minimum atomic E-state index is -0.139. The first kappa shape index (κ1) is 20.5. The molecule has 1 aliphatic rings. The fraction of sp³-hybridized carbons (Fsp3) is 0.174. The Morgan fingerprint density at radius 3 is 2.77 bits per heavy atom. The average molecular weight is 433 g/mol. The number of nitrogen functional groups attached to an aromatic ring is 1. The molecule has 31 heavy (non-hydrogen) atoms. The Bertz CT molecular complexity index is 1210. The smallest absolute Gasteiger partial charge is 0.251 e. The zero-order valence-corrected chi connectivity index (χ0v) is 17.5. The molecule has 2 aromatic carbocycles. The van der Waals surface area contributed by atoms with E-state index in [9.17, 15) is 4.79 Å². The summed E-state index contributed by atoms with van der Waals surface area (Å²) < 4.78 is 0. The van der Waals surface area contributed by atoms with E-state index in [0.29, 0.717) is 35.1 Å². The third kappa shape index (κ3) is 5.05. The second-order valence-electron chi connectivity index (χ2n) is 6.92. The van der Waals surface area contributed by atoms with Crippen LogP contribution in [0.4, 0.5) is 5.82 Å². The van der Waals surface area contributed by atoms with Crippen molar-refractivity contribution in [2.75, 3.05) is 31.9 Å². The predicted molar refractivity (Wildman–Crippen MR) is 124 cm³/mol. The van der Waals surface area contributed by atoms with Crippen molar-refractivity contribution in [2.24, 2.45) is 4.99 Å². The predicted octanol–water partition coefficient (Wildman–Crippen LogP) is 2.15. The van der Waals surface area contributed by atoms with Crippen LogP contribution in [0.3, 0.4) is 0 Å². The van der Waals surface area contributed by atoms with Crippen LogP contribution in [0.25, 0.3) is 10.8 Å². The van der Waals surface area contributed by atoms with Gasteiger partial charge in [0.15, 0.2) is 5.96 Å². The topological polar surface area (TPSA) is 104 Å². The highest BCUT2D eigenvalue weighted by atomic mass is 35.5. The lowest BCUT2D eigenvalue weighted by molar-refractivity contribution is 0.0954. The molecule has 0 saturated carbocycles. The van der Waals surface area contributed by atoms with Gasteiger partial charge in [0.05, 0.1) is 12.1 Å². The van der Waals surface area contributed by atoms with Crippen molar-refractivity contribution in [3.8, 4) is 11.8 Å². The molecule has 4 rings (SSSR count). The molecule has 2 heterocycles. The number of nitrogens with zero attached hydrogens (tertiary/aromatic N) is 2. The van der Waals surface area contributed by atoms with Crippen molar-refractivity contribution >= 4 is 40.1 Å². The number of aromatic nitrogens is 1. The summed E-state index contributed by atoms with van der Waals surface area (Å²) in [5, 5.41) is 11.5. The molecule has 0 radical (unpaired) electrons. The molecule has 0 aliphatic carbocycles. The number of aliphatic imine (C=N–C) groups is 1. The van der Waals surface area contributed by atoms with Crippen LogP contribution in [0.15, 0.2) is 53.7 Å². The highest BCUT2D eigenvalue weighted by molar-refractivity contribution is 6.31. The number of rotatable bonds is 4. The van der Waals surface area contributed by atoms with E-state index in [-0.39, 0.29) is 5.91 Å². The molecule has 1 amide bonds. The molecule has 7 nitrogen and oxygen atoms in total. The van der Waals surface area contributed by atoms with Gasteiger partial charge in [-0.1, -0.05) is 29.5 Å². The standard InChI is InChI=1S/C23H21ClN6O/c24-18-7-6-17-14-30-21(25)19(20(17)13-18)8-3-15-1-4-16(5-2-15)22(31)26-9-10-27-23-28-11-12-29-23/h1-2,4-7,13-14H,9-12H2,(H2,25,30)(H,26,31)(H2,27,28,29). The molecule has 0 atom stereocenters. The molecule has 8 heteroatoms. The minimum Gasteiger partial charge on any atom is -0.383 e. The largest absolute Gasteiger partial charge is 0.383 e. The van der Waals surface area contributed by atoms with Crippen LogP contribution in [-0.4, -0.2) is 43.0 Å². The summed E-state index contributed by atoms with van der Waals surface area (Å²) in [6.45, 7) is 2.73. The van der Waals surface area contributed by atoms with Gasteiger partial charge in [-0.3, -0.25) is 9.79 Å². The Kier molecular flexibility index (Phi) is 6.20. The average Bonchev–Trinajstić information content (AvgIpc) is 3.30. The van der Waals surface area contributed by atoms with Gasteiger partial charge in [0.1, 0.15) is 5.82 Å². The van der Waals surface area contributed by atoms with Crippen LogP contribution in [0, 0.1) is 11.8 Å². The van der Waals surface area contributed by atoms with E-state index >= 15 is 0 Å². The Labute approximate surface area is 185 Å². The maximum absolute atomic E-state index is 12.3. The molecule has 0 unspecified atom stereocenters. The van der Waals surface area contributed by atoms with Gasteiger partial charge in [0.2, 0.25) is 0 Å². The Balaban J connectivity index is 1.41. The summed E-state index contributed by atoms with van der Waals surface area (Å²) >= 11 is 6.13. The van der Waals surface area contributed by atoms with Crippen LogP contribution in [0.1, 0.15) is 21.5 Å². The summed E-state index contributed by atoms with van der Waals surface area (Å²) in [6.07, 6.45) is 1.70. The summed E-state index contributed by atoms with van der Waals surface area (Å²) in [5.41, 5.74) is 8.01. The Hall–Kier alpha value is -3.76. The summed E-state index contributed by atoms with van der Waals surface area (Å²) in [7, 11) is 0. The molecule has 1 aliphatic heterocycles. The molecule has 0 spiro atoms. The van der Waals surface area contributed by atoms with E-state index in [2.05, 4.69) is 37.8 Å². The zero-order valence-electron chi connectivity index (χ0n) is 16.7. The fourth-order valence-electron chi connectivity index (χ4n) is 3.15. The number of pyridine rings is 1. The SMILES string of the molecule is Nc1ncc2ccc(Cl)cc2c1C#Cc1ccc(C(=O)NCCNC2=NCCN2)cc1. The lowest BCUT2D eigenvalue weighted by Gasteiger charge is -2.08. The van der Waals surface area contributed by atoms with E-state index in [1.165, 1.54) is 0 Å². The van der Waals surface area contributed by atoms with E-state index in [1.807, 2.05) is 12.1 Å². The van der Waals surface area contributed by atoms with Gasteiger partial charge in [0.25, 0.3) is 5.91 Å². The fourth-order valence-corrected chi connectivity index (χ4v) is 3.32. The highest BCUT2D eigenvalue weighted by Gasteiger charge is 2.07. The maximum atomic E-state index is 12.3. The molecule has 0 bridgehead atoms. The van der Waals surface area contributed by atoms with Crippen molar-refractivity contribution in [1.29, 1.82) is 0 Å². The number of amides is 1. The maximum Gasteiger partial charge on any atom is 0.251 e. The van der Waals surface area contributed by atoms with Crippen LogP contribution < -0.4 is 21.7 Å². The van der Waals surface area contributed by atoms with Gasteiger partial charge in [-0.2, -0.15) is 0 Å². The first-order valence-corrected chi connectivity index (χ1v) is 10.2. The molecular formula is C23H21ClN6O. The monoisotopic (exact) mass is 432 g/mol. The number of carbonyl (C=O) groups excluding carboxylic acids is 1. The normalized spacial score (nSPS) is 12.5. The Morgan fingerprint density at radius 1 is 1.16 bits per heavy atom. The van der Waals surface area contributed by atoms with Gasteiger partial charge in [-0.25, -0.2) is 4.98 Å². The number of carbonyl (C=O) groups is 1. The molecule has 1 aromatic heterocycles. The lowest BCUT2D eigenvalue weighted by Crippen LogP contribution is -2.39. The van der Waals surface area contributed by atoms with E-state index in [4.69, 9.17) is 17.3 Å². The van der Waals surface area contributed by atoms with Crippen LogP contribution in [-0.2, 0) is 0 Å². The number of hydrogen-bond donors (Lipinski definition) is 4. The molecule has 0 fully saturated rings. The second-order valence-corrected chi connectivity index (χ2v) is 7.35. The van der Waals surface area contributed by atoms with Gasteiger partial charge in [-0.15, -0.1) is 0 Å². The van der Waals surface area contributed by atoms with Crippen molar-refractivity contribution in [3.63, 3.8) is 0 Å². The zero-order chi connectivity index (χ0) is 21.6. The van der Waals surface area contributed by atoms with Crippen molar-refractivity contribution in [2.45, 2.75) is 0 Å². The van der Waals surface area contributed by atoms with Gasteiger partial charge < -0.3 is 21.7 Å². The van der Waals surface area contributed by atoms with Gasteiger partial charge >= 0.3 is 0 Å². The first-order chi connectivity index (χ1) is 15.1. The summed E-state index contributed by atoms with van der Waals surface area (Å²) in [6, 6.07) is 12.6.